The van der Waals surface area contributed by atoms with Crippen molar-refractivity contribution in [1.29, 1.82) is 0 Å². The quantitative estimate of drug-likeness (QED) is 0.0377. The second-order valence-corrected chi connectivity index (χ2v) is 23.3. The van der Waals surface area contributed by atoms with Crippen molar-refractivity contribution >= 4 is 56.7 Å². The molecule has 332 valence electrons. The van der Waals surface area contributed by atoms with Crippen LogP contribution in [0.1, 0.15) is 243 Å². The molecule has 5 rings (SSSR count). The Morgan fingerprint density at radius 3 is 1.27 bits per heavy atom. The van der Waals surface area contributed by atoms with Crippen molar-refractivity contribution < 1.29 is 0 Å². The lowest BCUT2D eigenvalue weighted by atomic mass is 9.93. The number of hydrogen-bond donors (Lipinski definition) is 0. The Labute approximate surface area is 389 Å². The molecule has 0 amide bonds. The topological polar surface area (TPSA) is 0 Å². The molecule has 0 saturated heterocycles. The molecular formula is C55H82S5. The van der Waals surface area contributed by atoms with Gasteiger partial charge < -0.3 is 0 Å². The first-order valence-corrected chi connectivity index (χ1v) is 29.1. The molecular weight excluding hydrogens is 821 g/mol. The smallest absolute Gasteiger partial charge is 0.0484 e. The first-order valence-electron chi connectivity index (χ1n) is 24.9. The van der Waals surface area contributed by atoms with Crippen LogP contribution in [0.4, 0.5) is 0 Å². The van der Waals surface area contributed by atoms with Crippen LogP contribution in [0.5, 0.6) is 0 Å². The van der Waals surface area contributed by atoms with Gasteiger partial charge in [-0.15, -0.1) is 56.7 Å². The van der Waals surface area contributed by atoms with E-state index in [1.54, 1.807) is 22.3 Å². The van der Waals surface area contributed by atoms with Crippen molar-refractivity contribution in [1.82, 2.24) is 0 Å². The van der Waals surface area contributed by atoms with Crippen molar-refractivity contribution in [3.8, 4) is 39.0 Å². The maximum absolute atomic E-state index is 2.64. The molecule has 0 bridgehead atoms. The van der Waals surface area contributed by atoms with Crippen LogP contribution in [0.3, 0.4) is 0 Å². The van der Waals surface area contributed by atoms with Gasteiger partial charge in [0.2, 0.25) is 0 Å². The summed E-state index contributed by atoms with van der Waals surface area (Å²) in [6, 6.07) is 15.1. The van der Waals surface area contributed by atoms with Gasteiger partial charge in [0.25, 0.3) is 0 Å². The normalized spacial score (nSPS) is 13.4. The van der Waals surface area contributed by atoms with Crippen molar-refractivity contribution in [3.63, 3.8) is 0 Å². The van der Waals surface area contributed by atoms with Gasteiger partial charge in [0.05, 0.1) is 0 Å². The van der Waals surface area contributed by atoms with E-state index in [1.165, 1.54) is 200 Å². The van der Waals surface area contributed by atoms with E-state index in [-0.39, 0.29) is 0 Å². The van der Waals surface area contributed by atoms with Gasteiger partial charge in [0, 0.05) is 39.0 Å². The molecule has 3 atom stereocenters. The average Bonchev–Trinajstić information content (AvgIpc) is 4.10. The summed E-state index contributed by atoms with van der Waals surface area (Å²) in [4.78, 5) is 12.1. The molecule has 0 N–H and O–H groups in total. The molecule has 0 radical (unpaired) electrons. The number of unbranched alkanes of at least 4 members (excludes halogenated alkanes) is 17. The summed E-state index contributed by atoms with van der Waals surface area (Å²) in [5.74, 6) is 1.75. The standard InChI is InChI=1S/C55H82S5/c1-8-12-16-20-24-28-32-44-35-37-56-52(44)50-39-46(42(6)30-26-22-18-14-10-3)54(59-50)48-33-34-49(58-48)55-47(43(7)31-27-23-19-15-11-4)40-51(60-55)53-45(36-38-57-53)41(5)29-25-21-17-13-9-2/h33-43H,8-32H2,1-7H3. The zero-order valence-electron chi connectivity index (χ0n) is 39.1. The van der Waals surface area contributed by atoms with Crippen LogP contribution in [0.15, 0.2) is 47.2 Å². The summed E-state index contributed by atoms with van der Waals surface area (Å²) in [6.07, 6.45) is 33.6. The van der Waals surface area contributed by atoms with Crippen LogP contribution in [0.25, 0.3) is 39.0 Å². The molecule has 0 saturated carbocycles. The Hall–Kier alpha value is -1.50. The minimum Gasteiger partial charge on any atom is -0.143 e. The lowest BCUT2D eigenvalue weighted by Crippen LogP contribution is -1.94. The van der Waals surface area contributed by atoms with E-state index in [9.17, 15) is 0 Å². The zero-order valence-corrected chi connectivity index (χ0v) is 43.2. The van der Waals surface area contributed by atoms with Crippen molar-refractivity contribution in [2.24, 2.45) is 0 Å². The summed E-state index contributed by atoms with van der Waals surface area (Å²) in [7, 11) is 0. The Kier molecular flexibility index (Phi) is 22.8. The second kappa shape index (κ2) is 27.6. The molecule has 5 heteroatoms. The van der Waals surface area contributed by atoms with Crippen LogP contribution in [-0.4, -0.2) is 0 Å². The average molecular weight is 904 g/mol. The molecule has 60 heavy (non-hydrogen) atoms. The molecule has 0 aliphatic carbocycles. The molecule has 0 aliphatic heterocycles. The predicted octanol–water partition coefficient (Wildman–Crippen LogP) is 22.0. The van der Waals surface area contributed by atoms with E-state index in [0.29, 0.717) is 17.8 Å². The van der Waals surface area contributed by atoms with E-state index in [1.807, 2.05) is 22.7 Å². The minimum absolute atomic E-state index is 0.567. The molecule has 0 aliphatic rings. The van der Waals surface area contributed by atoms with Gasteiger partial charge in [-0.2, -0.15) is 0 Å². The lowest BCUT2D eigenvalue weighted by Gasteiger charge is -2.13. The predicted molar refractivity (Wildman–Crippen MR) is 280 cm³/mol. The summed E-state index contributed by atoms with van der Waals surface area (Å²) < 4.78 is 0. The molecule has 0 aromatic carbocycles. The third kappa shape index (κ3) is 14.8. The Bertz CT molecular complexity index is 1870. The van der Waals surface area contributed by atoms with E-state index in [4.69, 9.17) is 0 Å². The van der Waals surface area contributed by atoms with Crippen molar-refractivity contribution in [3.05, 3.63) is 69.4 Å². The molecule has 0 nitrogen and oxygen atoms in total. The van der Waals surface area contributed by atoms with Crippen LogP contribution >= 0.6 is 56.7 Å². The molecule has 5 heterocycles. The van der Waals surface area contributed by atoms with E-state index in [0.717, 1.165) is 0 Å². The second-order valence-electron chi connectivity index (χ2n) is 18.3. The van der Waals surface area contributed by atoms with Gasteiger partial charge in [-0.25, -0.2) is 0 Å². The maximum atomic E-state index is 2.64. The summed E-state index contributed by atoms with van der Waals surface area (Å²) in [6.45, 7) is 16.8. The van der Waals surface area contributed by atoms with Crippen LogP contribution in [-0.2, 0) is 6.42 Å². The van der Waals surface area contributed by atoms with Crippen LogP contribution in [0, 0.1) is 0 Å². The molecule has 0 spiro atoms. The van der Waals surface area contributed by atoms with Gasteiger partial charge >= 0.3 is 0 Å². The van der Waals surface area contributed by atoms with Crippen molar-refractivity contribution in [2.75, 3.05) is 0 Å². The van der Waals surface area contributed by atoms with Gasteiger partial charge in [-0.1, -0.05) is 177 Å². The molecule has 0 fully saturated rings. The first kappa shape index (κ1) is 49.5. The van der Waals surface area contributed by atoms with E-state index >= 15 is 0 Å². The Morgan fingerprint density at radius 2 is 0.767 bits per heavy atom. The largest absolute Gasteiger partial charge is 0.143 e. The zero-order chi connectivity index (χ0) is 42.5. The maximum Gasteiger partial charge on any atom is 0.0484 e. The lowest BCUT2D eigenvalue weighted by molar-refractivity contribution is 0.567. The first-order chi connectivity index (χ1) is 29.4. The summed E-state index contributed by atoms with van der Waals surface area (Å²) in [5.41, 5.74) is 6.35. The van der Waals surface area contributed by atoms with Gasteiger partial charge in [-0.05, 0) is 119 Å². The number of hydrogen-bond acceptors (Lipinski definition) is 5. The SMILES string of the molecule is CCCCCCCCc1ccsc1-c1cc(C(C)CCCCCCC)c(-c2ccc(-c3sc(-c4sccc4C(C)CCCCCCC)cc3C(C)CCCCCCC)s2)s1. The molecule has 3 unspecified atom stereocenters. The fourth-order valence-corrected chi connectivity index (χ4v) is 15.2. The fraction of sp³-hybridized carbons (Fsp3) is 0.636. The number of thiophene rings is 5. The van der Waals surface area contributed by atoms with Gasteiger partial charge in [0.15, 0.2) is 0 Å². The monoisotopic (exact) mass is 903 g/mol. The molecule has 5 aromatic heterocycles. The fourth-order valence-electron chi connectivity index (χ4n) is 9.11. The van der Waals surface area contributed by atoms with Gasteiger partial charge in [-0.3, -0.25) is 0 Å². The summed E-state index contributed by atoms with van der Waals surface area (Å²) in [5, 5.41) is 4.72. The van der Waals surface area contributed by atoms with Crippen molar-refractivity contribution in [2.45, 2.75) is 227 Å². The summed E-state index contributed by atoms with van der Waals surface area (Å²) >= 11 is 10.2. The third-order valence-corrected chi connectivity index (χ3v) is 19.1. The highest BCUT2D eigenvalue weighted by atomic mass is 32.1. The highest BCUT2D eigenvalue weighted by Gasteiger charge is 2.25. The van der Waals surface area contributed by atoms with Crippen LogP contribution < -0.4 is 0 Å². The Morgan fingerprint density at radius 1 is 0.367 bits per heavy atom. The highest BCUT2D eigenvalue weighted by molar-refractivity contribution is 7.29. The van der Waals surface area contributed by atoms with E-state index in [2.05, 4.69) is 130 Å². The highest BCUT2D eigenvalue weighted by Crippen LogP contribution is 2.52. The van der Waals surface area contributed by atoms with Crippen LogP contribution in [0.2, 0.25) is 0 Å². The van der Waals surface area contributed by atoms with Gasteiger partial charge in [0.1, 0.15) is 0 Å². The Balaban J connectivity index is 1.45. The molecule has 5 aromatic rings. The number of aryl methyl sites for hydroxylation is 1. The third-order valence-electron chi connectivity index (χ3n) is 13.1. The minimum atomic E-state index is 0.567. The number of rotatable bonds is 32. The van der Waals surface area contributed by atoms with E-state index < -0.39 is 0 Å².